The van der Waals surface area contributed by atoms with E-state index in [4.69, 9.17) is 37.0 Å². The number of aliphatic hydroxyl groups excluding tert-OH is 1. The monoisotopic (exact) mass is 1350 g/mol. The average Bonchev–Trinajstić information content (AvgIpc) is 3.63. The zero-order chi connectivity index (χ0) is 67.5. The van der Waals surface area contributed by atoms with Gasteiger partial charge in [-0.15, -0.1) is 0 Å². The smallest absolute Gasteiger partial charge is 0.462 e. The van der Waals surface area contributed by atoms with Crippen LogP contribution in [-0.4, -0.2) is 96.7 Å². The molecular weight excluding hydrogens is 1210 g/mol. The molecule has 0 saturated carbocycles. The van der Waals surface area contributed by atoms with Crippen molar-refractivity contribution < 1.29 is 80.2 Å². The van der Waals surface area contributed by atoms with Crippen molar-refractivity contribution in [2.75, 3.05) is 39.6 Å². The Morgan fingerprint density at radius 1 is 0.293 bits per heavy atom. The number of phosphoric acid groups is 2. The molecule has 0 aromatic rings. The van der Waals surface area contributed by atoms with Gasteiger partial charge in [0, 0.05) is 25.7 Å². The number of unbranched alkanes of at least 4 members (excludes halogenated alkanes) is 45. The van der Waals surface area contributed by atoms with E-state index in [0.717, 1.165) is 109 Å². The Hall–Kier alpha value is -2.20. The summed E-state index contributed by atoms with van der Waals surface area (Å²) in [5.74, 6) is -2.13. The van der Waals surface area contributed by atoms with Gasteiger partial charge in [-0.3, -0.25) is 37.3 Å². The third-order valence-electron chi connectivity index (χ3n) is 16.8. The largest absolute Gasteiger partial charge is 0.472 e. The molecule has 0 aliphatic carbocycles. The number of hydrogen-bond donors (Lipinski definition) is 3. The molecule has 0 aromatic heterocycles. The fourth-order valence-electron chi connectivity index (χ4n) is 10.9. The summed E-state index contributed by atoms with van der Waals surface area (Å²) in [7, 11) is -9.91. The Labute approximate surface area is 561 Å². The molecule has 0 bridgehead atoms. The third kappa shape index (κ3) is 66.4. The molecule has 0 radical (unpaired) electrons. The summed E-state index contributed by atoms with van der Waals surface area (Å²) in [5, 5.41) is 10.6. The number of phosphoric ester groups is 2. The molecule has 544 valence electrons. The maximum atomic E-state index is 13.0. The van der Waals surface area contributed by atoms with Gasteiger partial charge in [-0.1, -0.05) is 310 Å². The Balaban J connectivity index is 5.27. The number of carbonyl (C=O) groups is 4. The maximum absolute atomic E-state index is 13.0. The molecule has 17 nitrogen and oxygen atoms in total. The van der Waals surface area contributed by atoms with E-state index in [2.05, 4.69) is 39.8 Å². The van der Waals surface area contributed by atoms with Gasteiger partial charge in [0.25, 0.3) is 0 Å². The summed E-state index contributed by atoms with van der Waals surface area (Å²) in [6.07, 6.45) is 57.7. The normalized spacial score (nSPS) is 14.0. The number of ether oxygens (including phenoxy) is 4. The van der Waals surface area contributed by atoms with Gasteiger partial charge in [-0.05, 0) is 51.4 Å². The predicted molar refractivity (Wildman–Crippen MR) is 372 cm³/mol. The van der Waals surface area contributed by atoms with Crippen LogP contribution in [0.1, 0.15) is 374 Å². The highest BCUT2D eigenvalue weighted by molar-refractivity contribution is 7.47. The first-order chi connectivity index (χ1) is 44.7. The van der Waals surface area contributed by atoms with E-state index in [9.17, 15) is 43.2 Å². The van der Waals surface area contributed by atoms with Crippen molar-refractivity contribution in [1.29, 1.82) is 0 Å². The van der Waals surface area contributed by atoms with Crippen molar-refractivity contribution in [1.82, 2.24) is 0 Å². The number of carbonyl (C=O) groups excluding carboxylic acids is 4. The zero-order valence-corrected chi connectivity index (χ0v) is 61.1. The lowest BCUT2D eigenvalue weighted by atomic mass is 10.0. The van der Waals surface area contributed by atoms with Gasteiger partial charge in [-0.2, -0.15) is 0 Å². The minimum atomic E-state index is -4.96. The maximum Gasteiger partial charge on any atom is 0.472 e. The van der Waals surface area contributed by atoms with E-state index in [-0.39, 0.29) is 25.7 Å². The molecule has 92 heavy (non-hydrogen) atoms. The highest BCUT2D eigenvalue weighted by Gasteiger charge is 2.30. The van der Waals surface area contributed by atoms with Crippen LogP contribution in [-0.2, 0) is 65.4 Å². The second-order valence-electron chi connectivity index (χ2n) is 26.0. The topological polar surface area (TPSA) is 237 Å². The number of esters is 4. The fourth-order valence-corrected chi connectivity index (χ4v) is 12.5. The number of aliphatic hydroxyl groups is 1. The van der Waals surface area contributed by atoms with E-state index >= 15 is 0 Å². The van der Waals surface area contributed by atoms with E-state index in [1.165, 1.54) is 186 Å². The standard InChI is InChI=1S/C73H140O17P2/c1-5-9-13-17-21-25-29-33-37-41-45-49-53-57-70(75)83-63-68(89-72(77)59-55-51-47-43-39-35-31-27-23-19-15-11-7-3)65-87-91(79,80)85-61-67(74)62-86-92(81,82)88-66-69(90-73(78)60-56-52-48-44-40-36-32-28-24-20-16-12-8-4)64-84-71(76)58-54-50-46-42-38-34-30-26-22-18-14-10-6-2/h25,29,67-69,74H,5-24,26-28,30-66H2,1-4H3,(H,79,80)(H,81,82)/b29-25-/t67-,68+,69+/m0/s1. The van der Waals surface area contributed by atoms with Crippen LogP contribution >= 0.6 is 15.6 Å². The molecule has 0 aromatic carbocycles. The SMILES string of the molecule is CCCCCC/C=C\CCCCCCCC(=O)OC[C@H](COP(=O)(O)OC[C@H](O)COP(=O)(O)OC[C@@H](COC(=O)CCCCCCCCCCCCCCC)OC(=O)CCCCCCCCCCCCCCC)OC(=O)CCCCCCCCCCCCCCC. The van der Waals surface area contributed by atoms with Crippen LogP contribution in [0.5, 0.6) is 0 Å². The zero-order valence-electron chi connectivity index (χ0n) is 59.3. The molecule has 0 saturated heterocycles. The molecule has 0 aliphatic heterocycles. The van der Waals surface area contributed by atoms with Gasteiger partial charge in [0.2, 0.25) is 0 Å². The van der Waals surface area contributed by atoms with Crippen LogP contribution in [0.4, 0.5) is 0 Å². The molecule has 19 heteroatoms. The van der Waals surface area contributed by atoms with Crippen LogP contribution in [0.3, 0.4) is 0 Å². The molecule has 3 N–H and O–H groups in total. The molecule has 0 amide bonds. The van der Waals surface area contributed by atoms with Crippen molar-refractivity contribution in [2.45, 2.75) is 393 Å². The number of allylic oxidation sites excluding steroid dienone is 2. The molecule has 0 rings (SSSR count). The summed E-state index contributed by atoms with van der Waals surface area (Å²) in [6.45, 7) is 4.94. The molecule has 5 atom stereocenters. The highest BCUT2D eigenvalue weighted by Crippen LogP contribution is 2.45. The first-order valence-electron chi connectivity index (χ1n) is 37.9. The van der Waals surface area contributed by atoms with Gasteiger partial charge >= 0.3 is 39.5 Å². The first-order valence-corrected chi connectivity index (χ1v) is 40.9. The fraction of sp³-hybridized carbons (Fsp3) is 0.918. The van der Waals surface area contributed by atoms with Crippen molar-refractivity contribution >= 4 is 39.5 Å². The lowest BCUT2D eigenvalue weighted by Crippen LogP contribution is -2.30. The summed E-state index contributed by atoms with van der Waals surface area (Å²) in [6, 6.07) is 0. The summed E-state index contributed by atoms with van der Waals surface area (Å²) >= 11 is 0. The lowest BCUT2D eigenvalue weighted by Gasteiger charge is -2.21. The van der Waals surface area contributed by atoms with Crippen LogP contribution < -0.4 is 0 Å². The molecule has 0 spiro atoms. The van der Waals surface area contributed by atoms with Gasteiger partial charge in [0.15, 0.2) is 12.2 Å². The van der Waals surface area contributed by atoms with Crippen molar-refractivity contribution in [3.63, 3.8) is 0 Å². The van der Waals surface area contributed by atoms with E-state index in [0.29, 0.717) is 25.7 Å². The summed E-state index contributed by atoms with van der Waals surface area (Å²) < 4.78 is 68.4. The quantitative estimate of drug-likeness (QED) is 0.0169. The van der Waals surface area contributed by atoms with Gasteiger partial charge in [0.05, 0.1) is 26.4 Å². The summed E-state index contributed by atoms with van der Waals surface area (Å²) in [5.41, 5.74) is 0. The predicted octanol–water partition coefficient (Wildman–Crippen LogP) is 21.2. The summed E-state index contributed by atoms with van der Waals surface area (Å²) in [4.78, 5) is 72.7. The molecule has 0 aliphatic rings. The Kier molecular flexibility index (Phi) is 65.8. The third-order valence-corrected chi connectivity index (χ3v) is 18.7. The number of rotatable bonds is 73. The van der Waals surface area contributed by atoms with Crippen molar-refractivity contribution in [3.8, 4) is 0 Å². The molecule has 2 unspecified atom stereocenters. The first kappa shape index (κ1) is 89.8. The Bertz CT molecular complexity index is 1800. The second-order valence-corrected chi connectivity index (χ2v) is 28.9. The molecular formula is C73H140O17P2. The van der Waals surface area contributed by atoms with Gasteiger partial charge in [0.1, 0.15) is 19.3 Å². The van der Waals surface area contributed by atoms with E-state index in [1.807, 2.05) is 0 Å². The van der Waals surface area contributed by atoms with Gasteiger partial charge < -0.3 is 33.8 Å². The highest BCUT2D eigenvalue weighted by atomic mass is 31.2. The Morgan fingerprint density at radius 2 is 0.500 bits per heavy atom. The lowest BCUT2D eigenvalue weighted by molar-refractivity contribution is -0.161. The minimum Gasteiger partial charge on any atom is -0.462 e. The number of hydrogen-bond acceptors (Lipinski definition) is 15. The van der Waals surface area contributed by atoms with E-state index < -0.39 is 97.5 Å². The van der Waals surface area contributed by atoms with Crippen molar-refractivity contribution in [2.24, 2.45) is 0 Å². The van der Waals surface area contributed by atoms with Crippen LogP contribution in [0.15, 0.2) is 12.2 Å². The Morgan fingerprint density at radius 3 is 0.761 bits per heavy atom. The second kappa shape index (κ2) is 67.4. The molecule has 0 fully saturated rings. The molecule has 0 heterocycles. The van der Waals surface area contributed by atoms with Crippen LogP contribution in [0, 0.1) is 0 Å². The van der Waals surface area contributed by atoms with Crippen LogP contribution in [0.2, 0.25) is 0 Å². The van der Waals surface area contributed by atoms with Crippen molar-refractivity contribution in [3.05, 3.63) is 12.2 Å². The average molecular weight is 1350 g/mol. The van der Waals surface area contributed by atoms with Crippen LogP contribution in [0.25, 0.3) is 0 Å². The minimum absolute atomic E-state index is 0.104. The van der Waals surface area contributed by atoms with E-state index in [1.54, 1.807) is 0 Å². The van der Waals surface area contributed by atoms with Gasteiger partial charge in [-0.25, -0.2) is 9.13 Å².